The molecule has 0 heterocycles. The molecule has 0 aromatic rings. The Morgan fingerprint density at radius 2 is 1.06 bits per heavy atom. The maximum absolute atomic E-state index is 12.6. The molecule has 0 aromatic carbocycles. The van der Waals surface area contributed by atoms with E-state index in [9.17, 15) is 19.8 Å². The van der Waals surface area contributed by atoms with Crippen LogP contribution in [-0.4, -0.2) is 38.8 Å². The SMILES string of the molecule is CCCCCCCCCCCC(O)(CC(=O)O)C(=O)C(O)CCCCCCCCCC. The summed E-state index contributed by atoms with van der Waals surface area (Å²) in [5.74, 6) is -1.91. The van der Waals surface area contributed by atoms with Crippen LogP contribution < -0.4 is 0 Å². The van der Waals surface area contributed by atoms with Crippen molar-refractivity contribution in [1.82, 2.24) is 0 Å². The van der Waals surface area contributed by atoms with E-state index in [1.54, 1.807) is 0 Å². The van der Waals surface area contributed by atoms with Gasteiger partial charge in [-0.25, -0.2) is 0 Å². The lowest BCUT2D eigenvalue weighted by Gasteiger charge is -2.27. The van der Waals surface area contributed by atoms with Gasteiger partial charge in [-0.15, -0.1) is 0 Å². The number of aliphatic hydroxyl groups excluding tert-OH is 1. The highest BCUT2D eigenvalue weighted by atomic mass is 16.4. The molecule has 0 aliphatic rings. The highest BCUT2D eigenvalue weighted by Crippen LogP contribution is 2.25. The third kappa shape index (κ3) is 16.4. The molecule has 2 atom stereocenters. The van der Waals surface area contributed by atoms with E-state index >= 15 is 0 Å². The Balaban J connectivity index is 4.20. The van der Waals surface area contributed by atoms with Crippen molar-refractivity contribution in [1.29, 1.82) is 0 Å². The summed E-state index contributed by atoms with van der Waals surface area (Å²) in [5.41, 5.74) is -1.95. The minimum atomic E-state index is -1.95. The molecule has 184 valence electrons. The van der Waals surface area contributed by atoms with E-state index in [-0.39, 0.29) is 6.42 Å². The van der Waals surface area contributed by atoms with Crippen molar-refractivity contribution in [2.24, 2.45) is 0 Å². The van der Waals surface area contributed by atoms with Gasteiger partial charge < -0.3 is 15.3 Å². The number of carboxylic acid groups (broad SMARTS) is 1. The average Bonchev–Trinajstić information content (AvgIpc) is 2.73. The van der Waals surface area contributed by atoms with E-state index in [1.165, 1.54) is 64.2 Å². The summed E-state index contributed by atoms with van der Waals surface area (Å²) in [4.78, 5) is 23.9. The molecule has 0 aromatic heterocycles. The van der Waals surface area contributed by atoms with Crippen LogP contribution >= 0.6 is 0 Å². The molecule has 5 nitrogen and oxygen atoms in total. The second kappa shape index (κ2) is 19.7. The number of ketones is 1. The van der Waals surface area contributed by atoms with Crippen LogP contribution in [-0.2, 0) is 9.59 Å². The predicted molar refractivity (Wildman–Crippen MR) is 127 cm³/mol. The van der Waals surface area contributed by atoms with Gasteiger partial charge in [0.2, 0.25) is 0 Å². The van der Waals surface area contributed by atoms with Crippen molar-refractivity contribution >= 4 is 11.8 Å². The number of aliphatic carboxylic acids is 1. The fourth-order valence-electron chi connectivity index (χ4n) is 4.19. The number of rotatable bonds is 23. The Labute approximate surface area is 191 Å². The number of hydrogen-bond donors (Lipinski definition) is 3. The number of carboxylic acids is 1. The van der Waals surface area contributed by atoms with Gasteiger partial charge in [-0.3, -0.25) is 9.59 Å². The fraction of sp³-hybridized carbons (Fsp3) is 0.923. The first kappa shape index (κ1) is 30.1. The summed E-state index contributed by atoms with van der Waals surface area (Å²) in [6.45, 7) is 4.39. The molecule has 5 heteroatoms. The Kier molecular flexibility index (Phi) is 19.1. The number of Topliss-reactive ketones (excluding diaryl/α,β-unsaturated/α-hetero) is 1. The minimum absolute atomic E-state index is 0.114. The predicted octanol–water partition coefficient (Wildman–Crippen LogP) is 6.57. The highest BCUT2D eigenvalue weighted by molar-refractivity contribution is 5.93. The first-order valence-corrected chi connectivity index (χ1v) is 13.0. The second-order valence-corrected chi connectivity index (χ2v) is 9.32. The van der Waals surface area contributed by atoms with Crippen LogP contribution in [0.4, 0.5) is 0 Å². The number of hydrogen-bond acceptors (Lipinski definition) is 4. The maximum atomic E-state index is 12.6. The molecule has 2 unspecified atom stereocenters. The van der Waals surface area contributed by atoms with Gasteiger partial charge in [-0.1, -0.05) is 123 Å². The summed E-state index contributed by atoms with van der Waals surface area (Å²) < 4.78 is 0. The van der Waals surface area contributed by atoms with Gasteiger partial charge in [-0.2, -0.15) is 0 Å². The zero-order valence-electron chi connectivity index (χ0n) is 20.4. The average molecular weight is 443 g/mol. The van der Waals surface area contributed by atoms with Gasteiger partial charge in [0, 0.05) is 0 Å². The highest BCUT2D eigenvalue weighted by Gasteiger charge is 2.40. The van der Waals surface area contributed by atoms with Crippen LogP contribution in [0.1, 0.15) is 142 Å². The van der Waals surface area contributed by atoms with Crippen LogP contribution in [0.2, 0.25) is 0 Å². The van der Waals surface area contributed by atoms with E-state index in [0.717, 1.165) is 38.5 Å². The largest absolute Gasteiger partial charge is 0.481 e. The number of carbonyl (C=O) groups is 2. The third-order valence-electron chi connectivity index (χ3n) is 6.23. The fourth-order valence-corrected chi connectivity index (χ4v) is 4.19. The summed E-state index contributed by atoms with van der Waals surface area (Å²) in [7, 11) is 0. The van der Waals surface area contributed by atoms with Crippen LogP contribution in [0.25, 0.3) is 0 Å². The number of carbonyl (C=O) groups excluding carboxylic acids is 1. The van der Waals surface area contributed by atoms with Crippen LogP contribution in [0, 0.1) is 0 Å². The zero-order chi connectivity index (χ0) is 23.4. The van der Waals surface area contributed by atoms with Crippen molar-refractivity contribution in [2.45, 2.75) is 154 Å². The molecule has 0 radical (unpaired) electrons. The van der Waals surface area contributed by atoms with Crippen LogP contribution in [0.3, 0.4) is 0 Å². The summed E-state index contributed by atoms with van der Waals surface area (Å²) in [6.07, 6.45) is 17.3. The Hall–Kier alpha value is -0.940. The quantitative estimate of drug-likeness (QED) is 0.155. The van der Waals surface area contributed by atoms with Crippen molar-refractivity contribution < 1.29 is 24.9 Å². The molecule has 0 saturated carbocycles. The first-order chi connectivity index (χ1) is 14.9. The van der Waals surface area contributed by atoms with Crippen LogP contribution in [0.5, 0.6) is 0 Å². The molecule has 0 fully saturated rings. The summed E-state index contributed by atoms with van der Waals surface area (Å²) >= 11 is 0. The molecule has 3 N–H and O–H groups in total. The minimum Gasteiger partial charge on any atom is -0.481 e. The van der Waals surface area contributed by atoms with Gasteiger partial charge in [-0.05, 0) is 12.8 Å². The molecule has 0 aliphatic carbocycles. The molecule has 0 amide bonds. The Bertz CT molecular complexity index is 451. The topological polar surface area (TPSA) is 94.8 Å². The molecule has 0 bridgehead atoms. The van der Waals surface area contributed by atoms with E-state index in [0.29, 0.717) is 12.8 Å². The van der Waals surface area contributed by atoms with Gasteiger partial charge >= 0.3 is 5.97 Å². The maximum Gasteiger partial charge on any atom is 0.306 e. The van der Waals surface area contributed by atoms with Gasteiger partial charge in [0.1, 0.15) is 11.7 Å². The van der Waals surface area contributed by atoms with Gasteiger partial charge in [0.15, 0.2) is 5.78 Å². The molecule has 31 heavy (non-hydrogen) atoms. The van der Waals surface area contributed by atoms with Crippen molar-refractivity contribution in [3.8, 4) is 0 Å². The molecule has 0 rings (SSSR count). The Morgan fingerprint density at radius 3 is 1.48 bits per heavy atom. The van der Waals surface area contributed by atoms with Crippen molar-refractivity contribution in [3.63, 3.8) is 0 Å². The summed E-state index contributed by atoms with van der Waals surface area (Å²) in [5, 5.41) is 30.2. The van der Waals surface area contributed by atoms with E-state index < -0.39 is 29.9 Å². The lowest BCUT2D eigenvalue weighted by molar-refractivity contribution is -0.157. The molecular weight excluding hydrogens is 392 g/mol. The van der Waals surface area contributed by atoms with Gasteiger partial charge in [0.05, 0.1) is 6.42 Å². The number of unbranched alkanes of at least 4 members (excludes halogenated alkanes) is 15. The molecular formula is C26H50O5. The van der Waals surface area contributed by atoms with E-state index in [2.05, 4.69) is 13.8 Å². The lowest BCUT2D eigenvalue weighted by Crippen LogP contribution is -2.46. The van der Waals surface area contributed by atoms with Gasteiger partial charge in [0.25, 0.3) is 0 Å². The monoisotopic (exact) mass is 442 g/mol. The van der Waals surface area contributed by atoms with Crippen molar-refractivity contribution in [3.05, 3.63) is 0 Å². The lowest BCUT2D eigenvalue weighted by atomic mass is 9.84. The van der Waals surface area contributed by atoms with E-state index in [4.69, 9.17) is 5.11 Å². The summed E-state index contributed by atoms with van der Waals surface area (Å²) in [6, 6.07) is 0. The molecule has 0 aliphatic heterocycles. The smallest absolute Gasteiger partial charge is 0.306 e. The second-order valence-electron chi connectivity index (χ2n) is 9.32. The standard InChI is InChI=1S/C26H50O5/c1-3-5-7-9-11-13-15-17-19-21-26(31,22-24(28)29)25(30)23(27)20-18-16-14-12-10-8-6-4-2/h23,27,31H,3-22H2,1-2H3,(H,28,29). The molecule has 0 saturated heterocycles. The normalized spacial score (nSPS) is 14.3. The Morgan fingerprint density at radius 1 is 0.677 bits per heavy atom. The first-order valence-electron chi connectivity index (χ1n) is 13.0. The van der Waals surface area contributed by atoms with Crippen LogP contribution in [0.15, 0.2) is 0 Å². The van der Waals surface area contributed by atoms with E-state index in [1.807, 2.05) is 0 Å². The third-order valence-corrected chi connectivity index (χ3v) is 6.23. The zero-order valence-corrected chi connectivity index (χ0v) is 20.4. The molecule has 0 spiro atoms. The number of aliphatic hydroxyl groups is 2. The van der Waals surface area contributed by atoms with Crippen molar-refractivity contribution in [2.75, 3.05) is 0 Å².